The predicted octanol–water partition coefficient (Wildman–Crippen LogP) is 2.53. The lowest BCUT2D eigenvalue weighted by atomic mass is 10.0. The van der Waals surface area contributed by atoms with Crippen LogP contribution in [0.1, 0.15) is 22.8 Å². The molecule has 0 spiro atoms. The number of halogens is 2. The van der Waals surface area contributed by atoms with Crippen LogP contribution in [-0.2, 0) is 0 Å². The molecule has 1 aromatic rings. The van der Waals surface area contributed by atoms with Gasteiger partial charge in [-0.2, -0.15) is 0 Å². The summed E-state index contributed by atoms with van der Waals surface area (Å²) in [6.07, 6.45) is -3.09. The third kappa shape index (κ3) is 4.79. The van der Waals surface area contributed by atoms with E-state index in [1.165, 1.54) is 4.90 Å². The van der Waals surface area contributed by atoms with E-state index < -0.39 is 12.5 Å². The van der Waals surface area contributed by atoms with Gasteiger partial charge in [-0.25, -0.2) is 8.78 Å². The van der Waals surface area contributed by atoms with E-state index in [1.54, 1.807) is 7.05 Å². The molecule has 0 heterocycles. The summed E-state index contributed by atoms with van der Waals surface area (Å²) in [5, 5.41) is 9.97. The van der Waals surface area contributed by atoms with Crippen LogP contribution in [0.3, 0.4) is 0 Å². The Bertz CT molecular complexity index is 348. The minimum Gasteiger partial charge on any atom is -0.387 e. The van der Waals surface area contributed by atoms with Gasteiger partial charge in [0.1, 0.15) is 0 Å². The Morgan fingerprint density at radius 3 is 2.12 bits per heavy atom. The van der Waals surface area contributed by atoms with E-state index in [0.717, 1.165) is 16.7 Å². The number of hydrogen-bond acceptors (Lipinski definition) is 2. The first kappa shape index (κ1) is 14.1. The van der Waals surface area contributed by atoms with Crippen molar-refractivity contribution in [3.63, 3.8) is 0 Å². The second-order valence-corrected chi connectivity index (χ2v) is 4.55. The second-order valence-electron chi connectivity index (χ2n) is 4.55. The number of aliphatic hydroxyl groups is 1. The van der Waals surface area contributed by atoms with Crippen molar-refractivity contribution in [2.24, 2.45) is 0 Å². The number of aryl methyl sites for hydroxylation is 2. The maximum atomic E-state index is 12.1. The van der Waals surface area contributed by atoms with Crippen LogP contribution >= 0.6 is 0 Å². The van der Waals surface area contributed by atoms with Crippen LogP contribution in [-0.4, -0.2) is 36.6 Å². The van der Waals surface area contributed by atoms with Gasteiger partial charge < -0.3 is 5.11 Å². The van der Waals surface area contributed by atoms with Crippen LogP contribution in [0.2, 0.25) is 0 Å². The molecule has 0 aliphatic heterocycles. The topological polar surface area (TPSA) is 23.5 Å². The van der Waals surface area contributed by atoms with Crippen molar-refractivity contribution in [3.05, 3.63) is 34.9 Å². The van der Waals surface area contributed by atoms with E-state index in [9.17, 15) is 13.9 Å². The van der Waals surface area contributed by atoms with Gasteiger partial charge in [0, 0.05) is 6.54 Å². The molecule has 96 valence electrons. The summed E-state index contributed by atoms with van der Waals surface area (Å²) in [6.45, 7) is 3.80. The smallest absolute Gasteiger partial charge is 0.251 e. The molecular weight excluding hydrogens is 224 g/mol. The van der Waals surface area contributed by atoms with Gasteiger partial charge in [0.2, 0.25) is 0 Å². The Balaban J connectivity index is 2.66. The van der Waals surface area contributed by atoms with Crippen molar-refractivity contribution in [1.29, 1.82) is 0 Å². The Hall–Kier alpha value is -1.00. The summed E-state index contributed by atoms with van der Waals surface area (Å²) in [6, 6.07) is 5.78. The molecule has 1 N–H and O–H groups in total. The largest absolute Gasteiger partial charge is 0.387 e. The van der Waals surface area contributed by atoms with E-state index in [0.29, 0.717) is 0 Å². The molecule has 0 aromatic heterocycles. The molecule has 1 rings (SSSR count). The normalized spacial score (nSPS) is 13.4. The molecule has 1 aromatic carbocycles. The first-order valence-corrected chi connectivity index (χ1v) is 5.61. The number of alkyl halides is 2. The molecule has 1 atom stereocenters. The van der Waals surface area contributed by atoms with E-state index >= 15 is 0 Å². The van der Waals surface area contributed by atoms with Crippen LogP contribution < -0.4 is 0 Å². The third-order valence-electron chi connectivity index (χ3n) is 2.56. The quantitative estimate of drug-likeness (QED) is 0.859. The number of nitrogens with zero attached hydrogens (tertiary/aromatic N) is 1. The first-order chi connectivity index (χ1) is 7.88. The lowest BCUT2D eigenvalue weighted by Gasteiger charge is -2.20. The van der Waals surface area contributed by atoms with Crippen molar-refractivity contribution in [2.75, 3.05) is 20.1 Å². The minimum absolute atomic E-state index is 0.216. The minimum atomic E-state index is -2.37. The van der Waals surface area contributed by atoms with Crippen LogP contribution in [0.5, 0.6) is 0 Å². The third-order valence-corrected chi connectivity index (χ3v) is 2.56. The SMILES string of the molecule is Cc1cc(C)cc(C(O)CN(C)CC(F)F)c1. The van der Waals surface area contributed by atoms with Crippen molar-refractivity contribution < 1.29 is 13.9 Å². The van der Waals surface area contributed by atoms with Crippen LogP contribution in [0, 0.1) is 13.8 Å². The Morgan fingerprint density at radius 1 is 1.12 bits per heavy atom. The molecule has 0 fully saturated rings. The lowest BCUT2D eigenvalue weighted by molar-refractivity contribution is 0.0680. The Kier molecular flexibility index (Phi) is 5.02. The zero-order chi connectivity index (χ0) is 13.0. The average Bonchev–Trinajstić information content (AvgIpc) is 2.14. The molecule has 0 aliphatic rings. The van der Waals surface area contributed by atoms with Gasteiger partial charge in [0.25, 0.3) is 6.43 Å². The number of benzene rings is 1. The van der Waals surface area contributed by atoms with Crippen molar-refractivity contribution >= 4 is 0 Å². The Labute approximate surface area is 101 Å². The average molecular weight is 243 g/mol. The Morgan fingerprint density at radius 2 is 1.65 bits per heavy atom. The monoisotopic (exact) mass is 243 g/mol. The zero-order valence-electron chi connectivity index (χ0n) is 10.5. The van der Waals surface area contributed by atoms with Crippen molar-refractivity contribution in [2.45, 2.75) is 26.4 Å². The van der Waals surface area contributed by atoms with Crippen molar-refractivity contribution in [1.82, 2.24) is 4.90 Å². The van der Waals surface area contributed by atoms with Crippen LogP contribution in [0.4, 0.5) is 8.78 Å². The number of likely N-dealkylation sites (N-methyl/N-ethyl adjacent to an activating group) is 1. The highest BCUT2D eigenvalue weighted by Gasteiger charge is 2.14. The molecule has 4 heteroatoms. The maximum Gasteiger partial charge on any atom is 0.251 e. The number of aliphatic hydroxyl groups excluding tert-OH is 1. The fraction of sp³-hybridized carbons (Fsp3) is 0.538. The molecule has 2 nitrogen and oxygen atoms in total. The molecule has 0 saturated heterocycles. The van der Waals surface area contributed by atoms with E-state index in [2.05, 4.69) is 0 Å². The van der Waals surface area contributed by atoms with Gasteiger partial charge in [0.15, 0.2) is 0 Å². The molecule has 0 bridgehead atoms. The predicted molar refractivity (Wildman–Crippen MR) is 64.4 cm³/mol. The molecule has 0 saturated carbocycles. The number of rotatable bonds is 5. The molecule has 0 amide bonds. The van der Waals surface area contributed by atoms with Gasteiger partial charge in [-0.1, -0.05) is 29.3 Å². The molecule has 1 unspecified atom stereocenters. The highest BCUT2D eigenvalue weighted by Crippen LogP contribution is 2.17. The first-order valence-electron chi connectivity index (χ1n) is 5.61. The summed E-state index contributed by atoms with van der Waals surface area (Å²) in [7, 11) is 1.58. The molecular formula is C13H19F2NO. The van der Waals surface area contributed by atoms with Gasteiger partial charge in [-0.05, 0) is 26.5 Å². The molecule has 0 radical (unpaired) electrons. The highest BCUT2D eigenvalue weighted by molar-refractivity contribution is 5.30. The standard InChI is InChI=1S/C13H19F2NO/c1-9-4-10(2)6-11(5-9)12(17)7-16(3)8-13(14)15/h4-6,12-13,17H,7-8H2,1-3H3. The lowest BCUT2D eigenvalue weighted by Crippen LogP contribution is -2.29. The highest BCUT2D eigenvalue weighted by atomic mass is 19.3. The summed E-state index contributed by atoms with van der Waals surface area (Å²) < 4.78 is 24.3. The van der Waals surface area contributed by atoms with Gasteiger partial charge in [-0.15, -0.1) is 0 Å². The summed E-state index contributed by atoms with van der Waals surface area (Å²) in [5.41, 5.74) is 2.91. The number of hydrogen-bond donors (Lipinski definition) is 1. The van der Waals surface area contributed by atoms with Crippen LogP contribution in [0.15, 0.2) is 18.2 Å². The van der Waals surface area contributed by atoms with Gasteiger partial charge in [0.05, 0.1) is 12.6 Å². The fourth-order valence-corrected chi connectivity index (χ4v) is 1.91. The molecule has 17 heavy (non-hydrogen) atoms. The van der Waals surface area contributed by atoms with E-state index in [4.69, 9.17) is 0 Å². The van der Waals surface area contributed by atoms with Gasteiger partial charge in [-0.3, -0.25) is 4.90 Å². The van der Waals surface area contributed by atoms with E-state index in [1.807, 2.05) is 32.0 Å². The summed E-state index contributed by atoms with van der Waals surface area (Å²) >= 11 is 0. The summed E-state index contributed by atoms with van der Waals surface area (Å²) in [5.74, 6) is 0. The van der Waals surface area contributed by atoms with Crippen LogP contribution in [0.25, 0.3) is 0 Å². The van der Waals surface area contributed by atoms with Gasteiger partial charge >= 0.3 is 0 Å². The molecule has 0 aliphatic carbocycles. The zero-order valence-corrected chi connectivity index (χ0v) is 10.5. The summed E-state index contributed by atoms with van der Waals surface area (Å²) in [4.78, 5) is 1.44. The van der Waals surface area contributed by atoms with Crippen molar-refractivity contribution in [3.8, 4) is 0 Å². The maximum absolute atomic E-state index is 12.1. The van der Waals surface area contributed by atoms with E-state index in [-0.39, 0.29) is 13.1 Å². The fourth-order valence-electron chi connectivity index (χ4n) is 1.91. The second kappa shape index (κ2) is 6.07.